The Hall–Kier alpha value is -3.42. The molecule has 5 nitrogen and oxygen atoms in total. The van der Waals surface area contributed by atoms with E-state index in [9.17, 15) is 4.79 Å². The van der Waals surface area contributed by atoms with Gasteiger partial charge in [0.05, 0.1) is 33.1 Å². The van der Waals surface area contributed by atoms with Crippen molar-refractivity contribution in [1.29, 1.82) is 0 Å². The van der Waals surface area contributed by atoms with E-state index in [-0.39, 0.29) is 11.7 Å². The van der Waals surface area contributed by atoms with Gasteiger partial charge in [0.25, 0.3) is 0 Å². The molecule has 7 heteroatoms. The number of anilines is 1. The van der Waals surface area contributed by atoms with Gasteiger partial charge in [-0.3, -0.25) is 4.79 Å². The van der Waals surface area contributed by atoms with Crippen LogP contribution in [0.2, 0.25) is 0 Å². The number of para-hydroxylation sites is 1. The third kappa shape index (κ3) is 4.90. The van der Waals surface area contributed by atoms with Crippen molar-refractivity contribution in [2.75, 3.05) is 17.7 Å². The van der Waals surface area contributed by atoms with Crippen LogP contribution in [0.5, 0.6) is 5.75 Å². The van der Waals surface area contributed by atoms with E-state index in [2.05, 4.69) is 23.3 Å². The minimum atomic E-state index is -0.0691. The van der Waals surface area contributed by atoms with Crippen molar-refractivity contribution in [3.8, 4) is 16.3 Å². The van der Waals surface area contributed by atoms with Crippen LogP contribution in [0.1, 0.15) is 12.5 Å². The van der Waals surface area contributed by atoms with Crippen LogP contribution in [0.4, 0.5) is 5.69 Å². The normalized spacial score (nSPS) is 11.1. The Labute approximate surface area is 206 Å². The van der Waals surface area contributed by atoms with Crippen LogP contribution in [-0.2, 0) is 4.79 Å². The summed E-state index contributed by atoms with van der Waals surface area (Å²) < 4.78 is 6.67. The largest absolute Gasteiger partial charge is 0.494 e. The minimum absolute atomic E-state index is 0.0691. The van der Waals surface area contributed by atoms with Crippen LogP contribution in [0, 0.1) is 6.92 Å². The summed E-state index contributed by atoms with van der Waals surface area (Å²) in [6, 6.07) is 23.8. The highest BCUT2D eigenvalue weighted by Gasteiger charge is 2.11. The molecule has 0 aliphatic heterocycles. The van der Waals surface area contributed by atoms with E-state index in [1.54, 1.807) is 11.3 Å². The fourth-order valence-corrected chi connectivity index (χ4v) is 5.51. The third-order valence-corrected chi connectivity index (χ3v) is 7.29. The van der Waals surface area contributed by atoms with Gasteiger partial charge < -0.3 is 10.1 Å². The standard InChI is InChI=1S/C27H23N3O2S2/c1-3-32-20-11-12-23-24(15-20)34-27(30-23)18-7-6-8-19(14-18)28-25(31)16-33-26-13-17(2)21-9-4-5-10-22(21)29-26/h4-15H,3,16H2,1-2H3,(H,28,31). The summed E-state index contributed by atoms with van der Waals surface area (Å²) in [6.45, 7) is 4.67. The van der Waals surface area contributed by atoms with Crippen LogP contribution in [0.3, 0.4) is 0 Å². The number of aromatic nitrogens is 2. The van der Waals surface area contributed by atoms with Crippen molar-refractivity contribution in [2.24, 2.45) is 0 Å². The van der Waals surface area contributed by atoms with E-state index in [1.165, 1.54) is 11.8 Å². The first kappa shape index (κ1) is 22.4. The number of pyridine rings is 1. The second-order valence-corrected chi connectivity index (χ2v) is 9.82. The van der Waals surface area contributed by atoms with E-state index >= 15 is 0 Å². The molecule has 0 spiro atoms. The van der Waals surface area contributed by atoms with Crippen LogP contribution >= 0.6 is 23.1 Å². The van der Waals surface area contributed by atoms with Gasteiger partial charge in [-0.1, -0.05) is 42.1 Å². The summed E-state index contributed by atoms with van der Waals surface area (Å²) in [5.41, 5.74) is 4.76. The zero-order valence-corrected chi connectivity index (χ0v) is 20.5. The van der Waals surface area contributed by atoms with Crippen LogP contribution in [-0.4, -0.2) is 28.2 Å². The van der Waals surface area contributed by atoms with Gasteiger partial charge in [0, 0.05) is 16.6 Å². The van der Waals surface area contributed by atoms with E-state index in [0.29, 0.717) is 6.61 Å². The molecule has 3 aromatic carbocycles. The number of ether oxygens (including phenoxy) is 1. The predicted molar refractivity (Wildman–Crippen MR) is 142 cm³/mol. The molecule has 0 saturated carbocycles. The van der Waals surface area contributed by atoms with Gasteiger partial charge in [-0.2, -0.15) is 0 Å². The lowest BCUT2D eigenvalue weighted by atomic mass is 10.1. The molecule has 0 unspecified atom stereocenters. The topological polar surface area (TPSA) is 64.1 Å². The number of hydrogen-bond acceptors (Lipinski definition) is 6. The molecular formula is C27H23N3O2S2. The summed E-state index contributed by atoms with van der Waals surface area (Å²) in [7, 11) is 0. The lowest BCUT2D eigenvalue weighted by Gasteiger charge is -2.08. The van der Waals surface area contributed by atoms with Gasteiger partial charge in [0.1, 0.15) is 10.8 Å². The van der Waals surface area contributed by atoms with Gasteiger partial charge in [0.2, 0.25) is 5.91 Å². The molecule has 1 amide bonds. The van der Waals surface area contributed by atoms with E-state index in [1.807, 2.05) is 73.7 Å². The van der Waals surface area contributed by atoms with Gasteiger partial charge >= 0.3 is 0 Å². The Morgan fingerprint density at radius 2 is 1.88 bits per heavy atom. The summed E-state index contributed by atoms with van der Waals surface area (Å²) >= 11 is 3.05. The molecule has 0 aliphatic rings. The van der Waals surface area contributed by atoms with Crippen LogP contribution < -0.4 is 10.1 Å². The lowest BCUT2D eigenvalue weighted by molar-refractivity contribution is -0.113. The summed E-state index contributed by atoms with van der Waals surface area (Å²) in [6.07, 6.45) is 0. The average molecular weight is 486 g/mol. The molecule has 1 N–H and O–H groups in total. The molecular weight excluding hydrogens is 462 g/mol. The highest BCUT2D eigenvalue weighted by molar-refractivity contribution is 7.99. The monoisotopic (exact) mass is 485 g/mol. The maximum absolute atomic E-state index is 12.6. The molecule has 0 bridgehead atoms. The van der Waals surface area contributed by atoms with Gasteiger partial charge in [0.15, 0.2) is 0 Å². The van der Waals surface area contributed by atoms with Gasteiger partial charge in [-0.15, -0.1) is 11.3 Å². The summed E-state index contributed by atoms with van der Waals surface area (Å²) in [5, 5.41) is 5.89. The number of benzene rings is 3. The van der Waals surface area contributed by atoms with Crippen molar-refractivity contribution >= 4 is 55.8 Å². The first-order valence-corrected chi connectivity index (χ1v) is 12.8. The fraction of sp³-hybridized carbons (Fsp3) is 0.148. The van der Waals surface area contributed by atoms with Gasteiger partial charge in [-0.25, -0.2) is 9.97 Å². The number of nitrogens with zero attached hydrogens (tertiary/aromatic N) is 2. The quantitative estimate of drug-likeness (QED) is 0.253. The minimum Gasteiger partial charge on any atom is -0.494 e. The number of thiazole rings is 1. The molecule has 0 saturated heterocycles. The molecule has 0 aliphatic carbocycles. The number of fused-ring (bicyclic) bond motifs is 2. The van der Waals surface area contributed by atoms with Crippen molar-refractivity contribution in [3.63, 3.8) is 0 Å². The zero-order chi connectivity index (χ0) is 23.5. The molecule has 0 atom stereocenters. The molecule has 2 heterocycles. The Balaban J connectivity index is 1.27. The van der Waals surface area contributed by atoms with Gasteiger partial charge in [-0.05, 0) is 61.9 Å². The van der Waals surface area contributed by atoms with E-state index in [4.69, 9.17) is 9.72 Å². The molecule has 170 valence electrons. The summed E-state index contributed by atoms with van der Waals surface area (Å²) in [5.74, 6) is 1.07. The number of amides is 1. The van der Waals surface area contributed by atoms with E-state index < -0.39 is 0 Å². The molecule has 0 radical (unpaired) electrons. The number of nitrogens with one attached hydrogen (secondary N) is 1. The first-order valence-electron chi connectivity index (χ1n) is 11.0. The zero-order valence-electron chi connectivity index (χ0n) is 18.9. The fourth-order valence-electron chi connectivity index (χ4n) is 3.74. The maximum Gasteiger partial charge on any atom is 0.234 e. The Bertz CT molecular complexity index is 1500. The molecule has 2 aromatic heterocycles. The Morgan fingerprint density at radius 1 is 1.00 bits per heavy atom. The van der Waals surface area contributed by atoms with Crippen LogP contribution in [0.15, 0.2) is 77.8 Å². The van der Waals surface area contributed by atoms with Crippen molar-refractivity contribution in [3.05, 3.63) is 78.4 Å². The number of thioether (sulfide) groups is 1. The molecule has 5 rings (SSSR count). The van der Waals surface area contributed by atoms with Crippen molar-refractivity contribution < 1.29 is 9.53 Å². The van der Waals surface area contributed by atoms with Crippen molar-refractivity contribution in [2.45, 2.75) is 18.9 Å². The molecule has 34 heavy (non-hydrogen) atoms. The average Bonchev–Trinajstić information content (AvgIpc) is 3.27. The van der Waals surface area contributed by atoms with Crippen molar-refractivity contribution in [1.82, 2.24) is 9.97 Å². The highest BCUT2D eigenvalue weighted by atomic mass is 32.2. The number of carbonyl (C=O) groups excluding carboxylic acids is 1. The number of rotatable bonds is 7. The Kier molecular flexibility index (Phi) is 6.47. The summed E-state index contributed by atoms with van der Waals surface area (Å²) in [4.78, 5) is 22.1. The third-order valence-electron chi connectivity index (χ3n) is 5.31. The highest BCUT2D eigenvalue weighted by Crippen LogP contribution is 2.33. The number of aryl methyl sites for hydroxylation is 1. The second-order valence-electron chi connectivity index (χ2n) is 7.79. The predicted octanol–water partition coefficient (Wildman–Crippen LogP) is 6.95. The first-order chi connectivity index (χ1) is 16.6. The number of carbonyl (C=O) groups is 1. The molecule has 0 fully saturated rings. The number of hydrogen-bond donors (Lipinski definition) is 1. The molecule has 5 aromatic rings. The Morgan fingerprint density at radius 3 is 2.76 bits per heavy atom. The maximum atomic E-state index is 12.6. The lowest BCUT2D eigenvalue weighted by Crippen LogP contribution is -2.14. The van der Waals surface area contributed by atoms with E-state index in [0.717, 1.165) is 53.7 Å². The second kappa shape index (κ2) is 9.83. The SMILES string of the molecule is CCOc1ccc2nc(-c3cccc(NC(=O)CSc4cc(C)c5ccccc5n4)c3)sc2c1. The smallest absolute Gasteiger partial charge is 0.234 e. The van der Waals surface area contributed by atoms with Crippen LogP contribution in [0.25, 0.3) is 31.7 Å².